The van der Waals surface area contributed by atoms with E-state index in [9.17, 15) is 9.90 Å². The third-order valence-corrected chi connectivity index (χ3v) is 4.62. The van der Waals surface area contributed by atoms with Crippen molar-refractivity contribution in [3.8, 4) is 5.69 Å². The van der Waals surface area contributed by atoms with Gasteiger partial charge in [-0.3, -0.25) is 9.78 Å². The molecule has 1 aliphatic rings. The maximum Gasteiger partial charge on any atom is 0.257 e. The van der Waals surface area contributed by atoms with Gasteiger partial charge in [0.15, 0.2) is 0 Å². The van der Waals surface area contributed by atoms with Gasteiger partial charge in [0, 0.05) is 31.9 Å². The number of aliphatic hydroxyl groups is 1. The minimum absolute atomic E-state index is 0.0538. The van der Waals surface area contributed by atoms with Gasteiger partial charge >= 0.3 is 0 Å². The normalized spacial score (nSPS) is 20.7. The summed E-state index contributed by atoms with van der Waals surface area (Å²) in [4.78, 5) is 18.4. The van der Waals surface area contributed by atoms with Crippen molar-refractivity contribution in [2.24, 2.45) is 5.92 Å². The number of aliphatic hydroxyl groups excluding tert-OH is 1. The predicted octanol–water partition coefficient (Wildman–Crippen LogP) is 1.81. The summed E-state index contributed by atoms with van der Waals surface area (Å²) >= 11 is 0. The van der Waals surface area contributed by atoms with Crippen molar-refractivity contribution in [1.82, 2.24) is 19.7 Å². The van der Waals surface area contributed by atoms with Gasteiger partial charge in [0.1, 0.15) is 0 Å². The van der Waals surface area contributed by atoms with E-state index in [2.05, 4.69) is 10.1 Å². The standard InChI is InChI=1S/C17H22N4O2/c1-12-15(10-19-21(12)14-6-8-18-9-7-14)17(23)20(2)11-13-4-3-5-16(13)22/h6-10,13,16,22H,3-5,11H2,1-2H3. The minimum atomic E-state index is -0.286. The molecule has 0 saturated heterocycles. The molecule has 2 unspecified atom stereocenters. The van der Waals surface area contributed by atoms with Crippen LogP contribution in [-0.2, 0) is 0 Å². The highest BCUT2D eigenvalue weighted by molar-refractivity contribution is 5.95. The summed E-state index contributed by atoms with van der Waals surface area (Å²) in [5.41, 5.74) is 2.28. The highest BCUT2D eigenvalue weighted by atomic mass is 16.3. The van der Waals surface area contributed by atoms with Crippen LogP contribution >= 0.6 is 0 Å². The number of carbonyl (C=O) groups is 1. The molecule has 2 aromatic heterocycles. The summed E-state index contributed by atoms with van der Waals surface area (Å²) in [6.45, 7) is 2.47. The van der Waals surface area contributed by atoms with Crippen molar-refractivity contribution in [1.29, 1.82) is 0 Å². The fourth-order valence-electron chi connectivity index (χ4n) is 3.24. The Bertz CT molecular complexity index is 683. The molecular formula is C17H22N4O2. The van der Waals surface area contributed by atoms with Crippen LogP contribution in [0.1, 0.15) is 35.3 Å². The Hall–Kier alpha value is -2.21. The average Bonchev–Trinajstić information content (AvgIpc) is 3.14. The van der Waals surface area contributed by atoms with E-state index in [1.807, 2.05) is 19.1 Å². The van der Waals surface area contributed by atoms with Crippen molar-refractivity contribution in [3.63, 3.8) is 0 Å². The van der Waals surface area contributed by atoms with Crippen LogP contribution in [0.3, 0.4) is 0 Å². The lowest BCUT2D eigenvalue weighted by molar-refractivity contribution is 0.0693. The lowest BCUT2D eigenvalue weighted by Crippen LogP contribution is -2.34. The van der Waals surface area contributed by atoms with Gasteiger partial charge in [-0.15, -0.1) is 0 Å². The summed E-state index contributed by atoms with van der Waals surface area (Å²) in [6, 6.07) is 3.71. The fraction of sp³-hybridized carbons (Fsp3) is 0.471. The molecule has 2 heterocycles. The van der Waals surface area contributed by atoms with Gasteiger partial charge in [-0.05, 0) is 31.9 Å². The largest absolute Gasteiger partial charge is 0.393 e. The maximum atomic E-state index is 12.7. The molecule has 0 bridgehead atoms. The molecule has 2 atom stereocenters. The summed E-state index contributed by atoms with van der Waals surface area (Å²) in [6.07, 6.45) is 7.58. The zero-order chi connectivity index (χ0) is 16.4. The van der Waals surface area contributed by atoms with Crippen molar-refractivity contribution >= 4 is 5.91 Å². The molecule has 0 aliphatic heterocycles. The molecule has 3 rings (SSSR count). The third-order valence-electron chi connectivity index (χ3n) is 4.62. The molecule has 6 nitrogen and oxygen atoms in total. The van der Waals surface area contributed by atoms with Crippen LogP contribution < -0.4 is 0 Å². The first kappa shape index (κ1) is 15.7. The van der Waals surface area contributed by atoms with E-state index in [1.165, 1.54) is 0 Å². The van der Waals surface area contributed by atoms with Gasteiger partial charge in [0.05, 0.1) is 29.2 Å². The van der Waals surface area contributed by atoms with E-state index in [0.29, 0.717) is 12.1 Å². The first-order valence-corrected chi connectivity index (χ1v) is 7.96. The molecule has 1 amide bonds. The average molecular weight is 314 g/mol. The van der Waals surface area contributed by atoms with Gasteiger partial charge in [-0.25, -0.2) is 4.68 Å². The van der Waals surface area contributed by atoms with Crippen molar-refractivity contribution in [3.05, 3.63) is 42.0 Å². The monoisotopic (exact) mass is 314 g/mol. The molecule has 2 aromatic rings. The topological polar surface area (TPSA) is 71.2 Å². The fourth-order valence-corrected chi connectivity index (χ4v) is 3.24. The smallest absolute Gasteiger partial charge is 0.257 e. The zero-order valence-electron chi connectivity index (χ0n) is 13.5. The lowest BCUT2D eigenvalue weighted by Gasteiger charge is -2.23. The summed E-state index contributed by atoms with van der Waals surface area (Å²) in [5, 5.41) is 14.3. The number of aromatic nitrogens is 3. The molecule has 0 spiro atoms. The lowest BCUT2D eigenvalue weighted by atomic mass is 10.1. The number of amides is 1. The van der Waals surface area contributed by atoms with Crippen LogP contribution in [0.4, 0.5) is 0 Å². The number of hydrogen-bond donors (Lipinski definition) is 1. The third kappa shape index (κ3) is 3.12. The van der Waals surface area contributed by atoms with E-state index in [4.69, 9.17) is 0 Å². The maximum absolute atomic E-state index is 12.7. The molecule has 1 saturated carbocycles. The Morgan fingerprint density at radius 1 is 1.39 bits per heavy atom. The quantitative estimate of drug-likeness (QED) is 0.934. The van der Waals surface area contributed by atoms with Gasteiger partial charge in [-0.1, -0.05) is 6.42 Å². The second kappa shape index (κ2) is 6.50. The Labute approximate surface area is 135 Å². The van der Waals surface area contributed by atoms with E-state index in [1.54, 1.807) is 35.2 Å². The van der Waals surface area contributed by atoms with Gasteiger partial charge in [0.2, 0.25) is 0 Å². The van der Waals surface area contributed by atoms with Crippen LogP contribution in [0.25, 0.3) is 5.69 Å². The van der Waals surface area contributed by atoms with E-state index in [-0.39, 0.29) is 17.9 Å². The number of nitrogens with zero attached hydrogens (tertiary/aromatic N) is 4. The van der Waals surface area contributed by atoms with E-state index >= 15 is 0 Å². The SMILES string of the molecule is Cc1c(C(=O)N(C)CC2CCCC2O)cnn1-c1ccncc1. The van der Waals surface area contributed by atoms with Crippen LogP contribution in [0.5, 0.6) is 0 Å². The molecule has 1 fully saturated rings. The number of pyridine rings is 1. The highest BCUT2D eigenvalue weighted by Crippen LogP contribution is 2.26. The first-order chi connectivity index (χ1) is 11.1. The summed E-state index contributed by atoms with van der Waals surface area (Å²) < 4.78 is 1.74. The highest BCUT2D eigenvalue weighted by Gasteiger charge is 2.28. The predicted molar refractivity (Wildman–Crippen MR) is 86.4 cm³/mol. The Kier molecular flexibility index (Phi) is 4.43. The number of rotatable bonds is 4. The number of carbonyl (C=O) groups excluding carboxylic acids is 1. The molecule has 0 radical (unpaired) electrons. The second-order valence-corrected chi connectivity index (χ2v) is 6.20. The molecule has 23 heavy (non-hydrogen) atoms. The molecule has 6 heteroatoms. The van der Waals surface area contributed by atoms with Crippen LogP contribution in [0.2, 0.25) is 0 Å². The van der Waals surface area contributed by atoms with Crippen molar-refractivity contribution in [2.45, 2.75) is 32.3 Å². The first-order valence-electron chi connectivity index (χ1n) is 7.96. The molecule has 1 N–H and O–H groups in total. The summed E-state index contributed by atoms with van der Waals surface area (Å²) in [5.74, 6) is 0.126. The Balaban J connectivity index is 1.76. The zero-order valence-corrected chi connectivity index (χ0v) is 13.5. The Morgan fingerprint density at radius 3 is 2.78 bits per heavy atom. The molecule has 122 valence electrons. The second-order valence-electron chi connectivity index (χ2n) is 6.20. The van der Waals surface area contributed by atoms with Crippen LogP contribution in [0.15, 0.2) is 30.7 Å². The Morgan fingerprint density at radius 2 is 2.13 bits per heavy atom. The van der Waals surface area contributed by atoms with Gasteiger partial charge in [-0.2, -0.15) is 5.10 Å². The number of hydrogen-bond acceptors (Lipinski definition) is 4. The van der Waals surface area contributed by atoms with Crippen LogP contribution in [0, 0.1) is 12.8 Å². The van der Waals surface area contributed by atoms with Gasteiger partial charge < -0.3 is 10.0 Å². The minimum Gasteiger partial charge on any atom is -0.393 e. The van der Waals surface area contributed by atoms with Crippen LogP contribution in [-0.4, -0.2) is 50.4 Å². The van der Waals surface area contributed by atoms with E-state index < -0.39 is 0 Å². The van der Waals surface area contributed by atoms with Crippen molar-refractivity contribution < 1.29 is 9.90 Å². The molecule has 1 aliphatic carbocycles. The molecular weight excluding hydrogens is 292 g/mol. The summed E-state index contributed by atoms with van der Waals surface area (Å²) in [7, 11) is 1.79. The van der Waals surface area contributed by atoms with E-state index in [0.717, 1.165) is 30.6 Å². The molecule has 0 aromatic carbocycles. The van der Waals surface area contributed by atoms with Gasteiger partial charge in [0.25, 0.3) is 5.91 Å². The van der Waals surface area contributed by atoms with Crippen molar-refractivity contribution in [2.75, 3.05) is 13.6 Å².